The van der Waals surface area contributed by atoms with Crippen molar-refractivity contribution in [2.24, 2.45) is 0 Å². The number of rotatable bonds is 15. The van der Waals surface area contributed by atoms with Crippen LogP contribution >= 0.6 is 0 Å². The Balaban J connectivity index is 1.76. The Labute approximate surface area is 149 Å². The van der Waals surface area contributed by atoms with Crippen LogP contribution in [0.25, 0.3) is 0 Å². The van der Waals surface area contributed by atoms with Crippen molar-refractivity contribution in [3.05, 3.63) is 0 Å². The van der Waals surface area contributed by atoms with Crippen molar-refractivity contribution in [2.45, 2.75) is 116 Å². The first-order chi connectivity index (χ1) is 11.8. The summed E-state index contributed by atoms with van der Waals surface area (Å²) in [4.78, 5) is 11.7. The van der Waals surface area contributed by atoms with Crippen LogP contribution in [0.2, 0.25) is 0 Å². The van der Waals surface area contributed by atoms with E-state index in [9.17, 15) is 4.79 Å². The van der Waals surface area contributed by atoms with Gasteiger partial charge in [0.2, 0.25) is 0 Å². The minimum atomic E-state index is -0.00928. The lowest BCUT2D eigenvalue weighted by Crippen LogP contribution is -2.25. The van der Waals surface area contributed by atoms with Crippen LogP contribution in [0.1, 0.15) is 110 Å². The number of ether oxygens (including phenoxy) is 2. The molecule has 0 saturated carbocycles. The van der Waals surface area contributed by atoms with Gasteiger partial charge in [0.05, 0.1) is 13.2 Å². The van der Waals surface area contributed by atoms with Gasteiger partial charge >= 0.3 is 5.97 Å². The lowest BCUT2D eigenvalue weighted by Gasteiger charge is -2.22. The molecule has 0 aromatic carbocycles. The Morgan fingerprint density at radius 3 is 1.75 bits per heavy atom. The second-order valence-electron chi connectivity index (χ2n) is 7.29. The highest BCUT2D eigenvalue weighted by molar-refractivity contribution is 5.69. The zero-order valence-electron chi connectivity index (χ0n) is 16.0. The fourth-order valence-corrected chi connectivity index (χ4v) is 3.33. The highest BCUT2D eigenvalue weighted by Gasteiger charge is 2.17. The maximum atomic E-state index is 11.7. The molecule has 1 aliphatic heterocycles. The van der Waals surface area contributed by atoms with Crippen LogP contribution in [0.15, 0.2) is 0 Å². The van der Waals surface area contributed by atoms with Crippen molar-refractivity contribution in [1.82, 2.24) is 0 Å². The van der Waals surface area contributed by atoms with Crippen molar-refractivity contribution in [1.29, 1.82) is 0 Å². The average molecular weight is 341 g/mol. The van der Waals surface area contributed by atoms with Crippen LogP contribution < -0.4 is 0 Å². The third-order valence-corrected chi connectivity index (χ3v) is 4.95. The van der Waals surface area contributed by atoms with E-state index in [0.29, 0.717) is 6.42 Å². The van der Waals surface area contributed by atoms with E-state index in [-0.39, 0.29) is 12.1 Å². The summed E-state index contributed by atoms with van der Waals surface area (Å²) in [7, 11) is 0. The van der Waals surface area contributed by atoms with Gasteiger partial charge in [-0.05, 0) is 6.42 Å². The zero-order valence-corrected chi connectivity index (χ0v) is 16.0. The molecule has 0 bridgehead atoms. The molecule has 1 rings (SSSR count). The number of carbonyl (C=O) groups is 1. The van der Waals surface area contributed by atoms with Crippen LogP contribution in [0.5, 0.6) is 0 Å². The summed E-state index contributed by atoms with van der Waals surface area (Å²) >= 11 is 0. The molecular formula is C21H40O3. The van der Waals surface area contributed by atoms with Gasteiger partial charge in [0.15, 0.2) is 0 Å². The number of esters is 1. The van der Waals surface area contributed by atoms with E-state index >= 15 is 0 Å². The Morgan fingerprint density at radius 1 is 0.792 bits per heavy atom. The summed E-state index contributed by atoms with van der Waals surface area (Å²) in [5.74, 6) is -0.00928. The minimum absolute atomic E-state index is 0.00928. The molecule has 1 heterocycles. The molecule has 1 fully saturated rings. The van der Waals surface area contributed by atoms with E-state index < -0.39 is 0 Å². The van der Waals surface area contributed by atoms with Crippen molar-refractivity contribution < 1.29 is 14.3 Å². The molecule has 0 aromatic rings. The molecule has 0 radical (unpaired) electrons. The summed E-state index contributed by atoms with van der Waals surface area (Å²) in [5.41, 5.74) is 0. The molecule has 0 spiro atoms. The van der Waals surface area contributed by atoms with E-state index in [1.807, 2.05) is 0 Å². The van der Waals surface area contributed by atoms with Crippen LogP contribution in [0.4, 0.5) is 0 Å². The molecule has 1 saturated heterocycles. The van der Waals surface area contributed by atoms with E-state index in [1.165, 1.54) is 77.0 Å². The average Bonchev–Trinajstić information content (AvgIpc) is 2.60. The molecule has 0 N–H and O–H groups in total. The van der Waals surface area contributed by atoms with Crippen LogP contribution in [-0.2, 0) is 14.3 Å². The van der Waals surface area contributed by atoms with E-state index in [2.05, 4.69) is 6.92 Å². The van der Waals surface area contributed by atoms with E-state index in [4.69, 9.17) is 9.47 Å². The molecule has 142 valence electrons. The molecular weight excluding hydrogens is 300 g/mol. The summed E-state index contributed by atoms with van der Waals surface area (Å²) < 4.78 is 10.8. The maximum Gasteiger partial charge on any atom is 0.306 e. The second kappa shape index (κ2) is 15.9. The van der Waals surface area contributed by atoms with E-state index in [1.54, 1.807) is 0 Å². The predicted octanol–water partition coefficient (Wildman–Crippen LogP) is 6.19. The maximum absolute atomic E-state index is 11.7. The first-order valence-electron chi connectivity index (χ1n) is 10.6. The van der Waals surface area contributed by atoms with Gasteiger partial charge in [0, 0.05) is 19.3 Å². The van der Waals surface area contributed by atoms with Crippen LogP contribution in [-0.4, -0.2) is 25.3 Å². The van der Waals surface area contributed by atoms with Crippen LogP contribution in [0, 0.1) is 0 Å². The van der Waals surface area contributed by atoms with Crippen molar-refractivity contribution >= 4 is 5.97 Å². The van der Waals surface area contributed by atoms with E-state index in [0.717, 1.165) is 32.5 Å². The molecule has 0 aliphatic carbocycles. The monoisotopic (exact) mass is 340 g/mol. The van der Waals surface area contributed by atoms with Gasteiger partial charge in [-0.15, -0.1) is 0 Å². The molecule has 0 aromatic heterocycles. The summed E-state index contributed by atoms with van der Waals surface area (Å²) in [6, 6.07) is 0. The van der Waals surface area contributed by atoms with Gasteiger partial charge in [-0.1, -0.05) is 84.0 Å². The third kappa shape index (κ3) is 12.8. The highest BCUT2D eigenvalue weighted by Crippen LogP contribution is 2.15. The van der Waals surface area contributed by atoms with Gasteiger partial charge in [-0.25, -0.2) is 0 Å². The first kappa shape index (κ1) is 21.5. The molecule has 3 nitrogen and oxygen atoms in total. The predicted molar refractivity (Wildman–Crippen MR) is 100 cm³/mol. The standard InChI is InChI=1S/C21H40O3/c1-2-3-4-5-6-7-8-9-10-11-12-13-14-15-21(22)24-20-16-18-23-19-17-20/h20H,2-19H2,1H3. The quantitative estimate of drug-likeness (QED) is 0.263. The molecule has 24 heavy (non-hydrogen) atoms. The Bertz CT molecular complexity index is 285. The molecule has 0 unspecified atom stereocenters. The largest absolute Gasteiger partial charge is 0.462 e. The lowest BCUT2D eigenvalue weighted by molar-refractivity contribution is -0.153. The van der Waals surface area contributed by atoms with Gasteiger partial charge in [-0.3, -0.25) is 4.79 Å². The number of carbonyl (C=O) groups excluding carboxylic acids is 1. The molecule has 0 amide bonds. The number of hydrogen-bond acceptors (Lipinski definition) is 3. The van der Waals surface area contributed by atoms with Gasteiger partial charge < -0.3 is 9.47 Å². The van der Waals surface area contributed by atoms with Gasteiger partial charge in [0.25, 0.3) is 0 Å². The lowest BCUT2D eigenvalue weighted by atomic mass is 10.0. The first-order valence-corrected chi connectivity index (χ1v) is 10.6. The minimum Gasteiger partial charge on any atom is -0.462 e. The topological polar surface area (TPSA) is 35.5 Å². The van der Waals surface area contributed by atoms with Gasteiger partial charge in [-0.2, -0.15) is 0 Å². The van der Waals surface area contributed by atoms with Crippen LogP contribution in [0.3, 0.4) is 0 Å². The second-order valence-corrected chi connectivity index (χ2v) is 7.29. The number of hydrogen-bond donors (Lipinski definition) is 0. The SMILES string of the molecule is CCCCCCCCCCCCCCCC(=O)OC1CCOCC1. The normalized spacial score (nSPS) is 15.5. The summed E-state index contributed by atoms with van der Waals surface area (Å²) in [6.07, 6.45) is 19.8. The van der Waals surface area contributed by atoms with Crippen molar-refractivity contribution in [3.63, 3.8) is 0 Å². The summed E-state index contributed by atoms with van der Waals surface area (Å²) in [6.45, 7) is 3.74. The molecule has 1 aliphatic rings. The Morgan fingerprint density at radius 2 is 1.25 bits per heavy atom. The fraction of sp³-hybridized carbons (Fsp3) is 0.952. The van der Waals surface area contributed by atoms with Gasteiger partial charge in [0.1, 0.15) is 6.10 Å². The third-order valence-electron chi connectivity index (χ3n) is 4.95. The summed E-state index contributed by atoms with van der Waals surface area (Å²) in [5, 5.41) is 0. The van der Waals surface area contributed by atoms with Crippen molar-refractivity contribution in [2.75, 3.05) is 13.2 Å². The molecule has 0 atom stereocenters. The highest BCUT2D eigenvalue weighted by atomic mass is 16.5. The Kier molecular flexibility index (Phi) is 14.3. The Hall–Kier alpha value is -0.570. The number of unbranched alkanes of at least 4 members (excludes halogenated alkanes) is 12. The fourth-order valence-electron chi connectivity index (χ4n) is 3.33. The zero-order chi connectivity index (χ0) is 17.3. The smallest absolute Gasteiger partial charge is 0.306 e. The van der Waals surface area contributed by atoms with Crippen molar-refractivity contribution in [3.8, 4) is 0 Å². The molecule has 3 heteroatoms.